The summed E-state index contributed by atoms with van der Waals surface area (Å²) in [5, 5.41) is 8.94. The third-order valence-corrected chi connectivity index (χ3v) is 2.86. The van der Waals surface area contributed by atoms with E-state index in [2.05, 4.69) is 0 Å². The molecule has 0 aliphatic carbocycles. The first-order chi connectivity index (χ1) is 9.90. The molecule has 0 atom stereocenters. The number of nitrogens with zero attached hydrogens (tertiary/aromatic N) is 1. The standard InChI is InChI=1S/C14H11FN2O4/c15-9-3-1-8(2-4-9)11-6-5-10(14(20)21)13(19)17(11)7-12(16)18/h1-6H,7H2,(H2,16,18)(H,20,21). The van der Waals surface area contributed by atoms with Gasteiger partial charge in [-0.15, -0.1) is 0 Å². The average Bonchev–Trinajstić information content (AvgIpc) is 2.41. The number of carboxylic acid groups (broad SMARTS) is 1. The molecule has 0 aliphatic heterocycles. The number of carbonyl (C=O) groups is 2. The van der Waals surface area contributed by atoms with E-state index in [-0.39, 0.29) is 5.69 Å². The molecule has 1 aromatic heterocycles. The Morgan fingerprint density at radius 2 is 1.76 bits per heavy atom. The molecule has 3 N–H and O–H groups in total. The van der Waals surface area contributed by atoms with Crippen LogP contribution in [-0.4, -0.2) is 21.6 Å². The van der Waals surface area contributed by atoms with Gasteiger partial charge in [-0.2, -0.15) is 0 Å². The number of pyridine rings is 1. The van der Waals surface area contributed by atoms with E-state index in [1.165, 1.54) is 30.3 Å². The molecule has 1 heterocycles. The number of carboxylic acids is 1. The molecular formula is C14H11FN2O4. The Morgan fingerprint density at radius 3 is 2.29 bits per heavy atom. The first-order valence-electron chi connectivity index (χ1n) is 5.91. The Kier molecular flexibility index (Phi) is 3.84. The van der Waals surface area contributed by atoms with Gasteiger partial charge in [-0.3, -0.25) is 14.2 Å². The number of carbonyl (C=O) groups excluding carboxylic acids is 1. The monoisotopic (exact) mass is 290 g/mol. The van der Waals surface area contributed by atoms with E-state index >= 15 is 0 Å². The van der Waals surface area contributed by atoms with Gasteiger partial charge >= 0.3 is 5.97 Å². The molecule has 1 amide bonds. The SMILES string of the molecule is NC(=O)Cn1c(-c2ccc(F)cc2)ccc(C(=O)O)c1=O. The maximum atomic E-state index is 12.9. The van der Waals surface area contributed by atoms with Crippen LogP contribution in [0.25, 0.3) is 11.3 Å². The van der Waals surface area contributed by atoms with Gasteiger partial charge in [0.15, 0.2) is 0 Å². The molecule has 0 fully saturated rings. The van der Waals surface area contributed by atoms with Crippen LogP contribution in [0.2, 0.25) is 0 Å². The van der Waals surface area contributed by atoms with E-state index in [1.807, 2.05) is 0 Å². The highest BCUT2D eigenvalue weighted by Gasteiger charge is 2.16. The largest absolute Gasteiger partial charge is 0.477 e. The lowest BCUT2D eigenvalue weighted by Gasteiger charge is -2.12. The molecule has 1 aromatic carbocycles. The predicted molar refractivity (Wildman–Crippen MR) is 72.2 cm³/mol. The van der Waals surface area contributed by atoms with E-state index in [1.54, 1.807) is 0 Å². The fourth-order valence-corrected chi connectivity index (χ4v) is 1.93. The van der Waals surface area contributed by atoms with Crippen LogP contribution in [0.4, 0.5) is 4.39 Å². The fourth-order valence-electron chi connectivity index (χ4n) is 1.93. The van der Waals surface area contributed by atoms with Gasteiger partial charge < -0.3 is 10.8 Å². The van der Waals surface area contributed by atoms with Crippen molar-refractivity contribution in [3.63, 3.8) is 0 Å². The molecular weight excluding hydrogens is 279 g/mol. The second-order valence-corrected chi connectivity index (χ2v) is 4.30. The molecule has 0 radical (unpaired) electrons. The van der Waals surface area contributed by atoms with E-state index in [0.717, 1.165) is 10.6 Å². The summed E-state index contributed by atoms with van der Waals surface area (Å²) in [6.07, 6.45) is 0. The number of nitrogens with two attached hydrogens (primary N) is 1. The van der Waals surface area contributed by atoms with Crippen LogP contribution in [0.1, 0.15) is 10.4 Å². The second-order valence-electron chi connectivity index (χ2n) is 4.30. The third kappa shape index (κ3) is 2.97. The Morgan fingerprint density at radius 1 is 1.14 bits per heavy atom. The Hall–Kier alpha value is -2.96. The minimum Gasteiger partial charge on any atom is -0.477 e. The normalized spacial score (nSPS) is 10.3. The van der Waals surface area contributed by atoms with E-state index < -0.39 is 35.4 Å². The number of benzene rings is 1. The molecule has 0 saturated carbocycles. The van der Waals surface area contributed by atoms with Gasteiger partial charge in [-0.05, 0) is 42.0 Å². The average molecular weight is 290 g/mol. The lowest BCUT2D eigenvalue weighted by atomic mass is 10.1. The molecule has 0 spiro atoms. The molecule has 0 aliphatic rings. The summed E-state index contributed by atoms with van der Waals surface area (Å²) >= 11 is 0. The molecule has 6 nitrogen and oxygen atoms in total. The third-order valence-electron chi connectivity index (χ3n) is 2.86. The molecule has 21 heavy (non-hydrogen) atoms. The van der Waals surface area contributed by atoms with E-state index in [0.29, 0.717) is 5.56 Å². The molecule has 0 bridgehead atoms. The lowest BCUT2D eigenvalue weighted by Crippen LogP contribution is -2.32. The zero-order valence-corrected chi connectivity index (χ0v) is 10.7. The number of hydrogen-bond acceptors (Lipinski definition) is 3. The summed E-state index contributed by atoms with van der Waals surface area (Å²) in [5.41, 5.74) is 4.52. The highest BCUT2D eigenvalue weighted by atomic mass is 19.1. The van der Waals surface area contributed by atoms with Gasteiger partial charge in [-0.25, -0.2) is 9.18 Å². The van der Waals surface area contributed by atoms with Crippen molar-refractivity contribution < 1.29 is 19.1 Å². The van der Waals surface area contributed by atoms with Crippen LogP contribution in [0.15, 0.2) is 41.2 Å². The minimum absolute atomic E-state index is 0.281. The number of aromatic carboxylic acids is 1. The second kappa shape index (κ2) is 5.58. The van der Waals surface area contributed by atoms with Gasteiger partial charge in [0.2, 0.25) is 5.91 Å². The first-order valence-corrected chi connectivity index (χ1v) is 5.91. The molecule has 2 rings (SSSR count). The Labute approximate surface area is 118 Å². The van der Waals surface area contributed by atoms with Gasteiger partial charge in [0.05, 0.1) is 5.69 Å². The predicted octanol–water partition coefficient (Wildman–Crippen LogP) is 0.838. The van der Waals surface area contributed by atoms with Gasteiger partial charge in [0, 0.05) is 0 Å². The number of aromatic nitrogens is 1. The Bertz CT molecular complexity index is 766. The molecule has 108 valence electrons. The maximum absolute atomic E-state index is 12.9. The highest BCUT2D eigenvalue weighted by Crippen LogP contribution is 2.19. The van der Waals surface area contributed by atoms with E-state index in [9.17, 15) is 18.8 Å². The number of hydrogen-bond donors (Lipinski definition) is 2. The van der Waals surface area contributed by atoms with Crippen molar-refractivity contribution in [3.8, 4) is 11.3 Å². The van der Waals surface area contributed by atoms with Crippen molar-refractivity contribution >= 4 is 11.9 Å². The summed E-state index contributed by atoms with van der Waals surface area (Å²) in [7, 11) is 0. The van der Waals surface area contributed by atoms with Crippen molar-refractivity contribution in [2.45, 2.75) is 6.54 Å². The molecule has 0 unspecified atom stereocenters. The van der Waals surface area contributed by atoms with Crippen molar-refractivity contribution in [1.29, 1.82) is 0 Å². The van der Waals surface area contributed by atoms with Crippen LogP contribution < -0.4 is 11.3 Å². The zero-order chi connectivity index (χ0) is 15.6. The highest BCUT2D eigenvalue weighted by molar-refractivity contribution is 5.87. The van der Waals surface area contributed by atoms with Crippen molar-refractivity contribution in [1.82, 2.24) is 4.57 Å². The maximum Gasteiger partial charge on any atom is 0.341 e. The van der Waals surface area contributed by atoms with Crippen molar-refractivity contribution in [2.75, 3.05) is 0 Å². The van der Waals surface area contributed by atoms with Crippen molar-refractivity contribution in [2.24, 2.45) is 5.73 Å². The lowest BCUT2D eigenvalue weighted by molar-refractivity contribution is -0.118. The fraction of sp³-hybridized carbons (Fsp3) is 0.0714. The Balaban J connectivity index is 2.68. The smallest absolute Gasteiger partial charge is 0.341 e. The van der Waals surface area contributed by atoms with E-state index in [4.69, 9.17) is 10.8 Å². The van der Waals surface area contributed by atoms with Crippen LogP contribution >= 0.6 is 0 Å². The topological polar surface area (TPSA) is 102 Å². The number of amides is 1. The van der Waals surface area contributed by atoms with Crippen molar-refractivity contribution in [3.05, 3.63) is 58.1 Å². The number of primary amides is 1. The number of halogens is 1. The zero-order valence-electron chi connectivity index (χ0n) is 10.7. The first kappa shape index (κ1) is 14.4. The molecule has 0 saturated heterocycles. The van der Waals surface area contributed by atoms with Gasteiger partial charge in [0.1, 0.15) is 17.9 Å². The molecule has 2 aromatic rings. The molecule has 7 heteroatoms. The number of rotatable bonds is 4. The summed E-state index contributed by atoms with van der Waals surface area (Å²) in [6.45, 7) is -0.466. The minimum atomic E-state index is -1.40. The van der Waals surface area contributed by atoms with Crippen LogP contribution in [-0.2, 0) is 11.3 Å². The summed E-state index contributed by atoms with van der Waals surface area (Å²) in [6, 6.07) is 7.74. The summed E-state index contributed by atoms with van der Waals surface area (Å²) in [5.74, 6) is -2.64. The summed E-state index contributed by atoms with van der Waals surface area (Å²) in [4.78, 5) is 34.2. The van der Waals surface area contributed by atoms with Crippen LogP contribution in [0.3, 0.4) is 0 Å². The van der Waals surface area contributed by atoms with Crippen LogP contribution in [0.5, 0.6) is 0 Å². The van der Waals surface area contributed by atoms with Crippen LogP contribution in [0, 0.1) is 5.82 Å². The quantitative estimate of drug-likeness (QED) is 0.870. The summed E-state index contributed by atoms with van der Waals surface area (Å²) < 4.78 is 13.9. The van der Waals surface area contributed by atoms with Gasteiger partial charge in [-0.1, -0.05) is 0 Å². The van der Waals surface area contributed by atoms with Gasteiger partial charge in [0.25, 0.3) is 5.56 Å².